The van der Waals surface area contributed by atoms with Crippen LogP contribution < -0.4 is 5.14 Å². The molecular weight excluding hydrogens is 364 g/mol. The molecule has 136 valence electrons. The lowest BCUT2D eigenvalue weighted by atomic mass is 9.66. The number of hydrogen-bond donors (Lipinski definition) is 1. The highest BCUT2D eigenvalue weighted by molar-refractivity contribution is 7.98. The van der Waals surface area contributed by atoms with Crippen molar-refractivity contribution in [2.75, 3.05) is 6.26 Å². The lowest BCUT2D eigenvalue weighted by Crippen LogP contribution is -2.26. The molecule has 1 saturated carbocycles. The van der Waals surface area contributed by atoms with Crippen molar-refractivity contribution >= 4 is 32.9 Å². The maximum absolute atomic E-state index is 11.5. The van der Waals surface area contributed by atoms with E-state index in [2.05, 4.69) is 12.1 Å². The Labute approximate surface area is 159 Å². The van der Waals surface area contributed by atoms with Crippen LogP contribution in [0.5, 0.6) is 0 Å². The second kappa shape index (κ2) is 6.51. The van der Waals surface area contributed by atoms with E-state index < -0.39 is 10.0 Å². The van der Waals surface area contributed by atoms with Crippen LogP contribution in [0.1, 0.15) is 43.4 Å². The minimum absolute atomic E-state index is 0.155. The summed E-state index contributed by atoms with van der Waals surface area (Å²) in [5.74, 6) is 0. The van der Waals surface area contributed by atoms with Gasteiger partial charge in [0.05, 0.1) is 10.6 Å². The fourth-order valence-electron chi connectivity index (χ4n) is 4.10. The summed E-state index contributed by atoms with van der Waals surface area (Å²) in [4.78, 5) is 6.01. The number of pyridine rings is 1. The minimum atomic E-state index is -3.66. The summed E-state index contributed by atoms with van der Waals surface area (Å²) in [6.45, 7) is 0. The average molecular weight is 387 g/mol. The molecule has 0 unspecified atom stereocenters. The van der Waals surface area contributed by atoms with E-state index in [0.717, 1.165) is 29.0 Å². The van der Waals surface area contributed by atoms with Crippen molar-refractivity contribution in [1.29, 1.82) is 0 Å². The Kier molecular flexibility index (Phi) is 4.45. The van der Waals surface area contributed by atoms with E-state index in [9.17, 15) is 8.42 Å². The van der Waals surface area contributed by atoms with Crippen LogP contribution in [0.15, 0.2) is 52.4 Å². The van der Waals surface area contributed by atoms with Crippen molar-refractivity contribution in [2.45, 2.75) is 41.9 Å². The van der Waals surface area contributed by atoms with E-state index in [4.69, 9.17) is 10.1 Å². The largest absolute Gasteiger partial charge is 0.255 e. The Morgan fingerprint density at radius 2 is 1.73 bits per heavy atom. The molecule has 2 N–H and O–H groups in total. The third-order valence-corrected chi connectivity index (χ3v) is 7.34. The van der Waals surface area contributed by atoms with Crippen LogP contribution in [0.3, 0.4) is 0 Å². The van der Waals surface area contributed by atoms with Crippen LogP contribution in [0.2, 0.25) is 0 Å². The molecule has 0 atom stereocenters. The van der Waals surface area contributed by atoms with Crippen LogP contribution in [0.4, 0.5) is 0 Å². The Hall–Kier alpha value is -1.63. The minimum Gasteiger partial charge on any atom is -0.255 e. The van der Waals surface area contributed by atoms with Crippen molar-refractivity contribution in [3.05, 3.63) is 53.9 Å². The first-order valence-corrected chi connectivity index (χ1v) is 11.5. The zero-order valence-electron chi connectivity index (χ0n) is 14.7. The summed E-state index contributed by atoms with van der Waals surface area (Å²) < 4.78 is 23.0. The number of nitrogens with two attached hydrogens (primary N) is 1. The third-order valence-electron chi connectivity index (χ3n) is 5.69. The predicted molar refractivity (Wildman–Crippen MR) is 106 cm³/mol. The molecule has 1 aromatic carbocycles. The van der Waals surface area contributed by atoms with E-state index in [-0.39, 0.29) is 4.90 Å². The zero-order valence-corrected chi connectivity index (χ0v) is 16.4. The quantitative estimate of drug-likeness (QED) is 0.794. The molecule has 0 radical (unpaired) electrons. The second-order valence-corrected chi connectivity index (χ2v) is 9.76. The topological polar surface area (TPSA) is 73.1 Å². The molecule has 26 heavy (non-hydrogen) atoms. The fraction of sp³-hybridized carbons (Fsp3) is 0.350. The summed E-state index contributed by atoms with van der Waals surface area (Å²) >= 11 is 1.69. The number of hydrogen-bond acceptors (Lipinski definition) is 4. The van der Waals surface area contributed by atoms with Crippen LogP contribution >= 0.6 is 11.8 Å². The Bertz CT molecular complexity index is 958. The Morgan fingerprint density at radius 3 is 2.23 bits per heavy atom. The number of primary sulfonamides is 1. The lowest BCUT2D eigenvalue weighted by Gasteiger charge is -2.39. The molecule has 2 aliphatic carbocycles. The summed E-state index contributed by atoms with van der Waals surface area (Å²) in [6, 6.07) is 11.2. The molecule has 1 fully saturated rings. The second-order valence-electron chi connectivity index (χ2n) is 7.32. The lowest BCUT2D eigenvalue weighted by molar-refractivity contribution is 0.157. The van der Waals surface area contributed by atoms with Crippen molar-refractivity contribution < 1.29 is 8.42 Å². The van der Waals surface area contributed by atoms with Gasteiger partial charge in [-0.25, -0.2) is 13.6 Å². The molecule has 4 nitrogen and oxygen atoms in total. The summed E-state index contributed by atoms with van der Waals surface area (Å²) in [6.07, 6.45) is 9.90. The van der Waals surface area contributed by atoms with E-state index in [1.165, 1.54) is 30.4 Å². The molecule has 6 heteroatoms. The van der Waals surface area contributed by atoms with E-state index in [0.29, 0.717) is 5.41 Å². The first kappa shape index (κ1) is 17.8. The number of rotatable bonds is 4. The molecule has 0 amide bonds. The Morgan fingerprint density at radius 1 is 1.04 bits per heavy atom. The van der Waals surface area contributed by atoms with Gasteiger partial charge < -0.3 is 0 Å². The molecule has 0 aliphatic heterocycles. The SMILES string of the molecule is CSc1ccc(C2=C(c3ccc(S(N)(=O)=O)cc3)CC3(CCC3)C2)nc1. The van der Waals surface area contributed by atoms with Gasteiger partial charge in [0.15, 0.2) is 0 Å². The van der Waals surface area contributed by atoms with Gasteiger partial charge in [0.1, 0.15) is 0 Å². The number of nitrogens with zero attached hydrogens (tertiary/aromatic N) is 1. The molecule has 1 spiro atoms. The van der Waals surface area contributed by atoms with Crippen LogP contribution in [-0.4, -0.2) is 19.7 Å². The average Bonchev–Trinajstić information content (AvgIpc) is 3.03. The number of thioether (sulfide) groups is 1. The number of benzene rings is 1. The standard InChI is InChI=1S/C20H22N2O2S2/c1-25-15-5-8-19(22-13-15)18-12-20(9-2-10-20)11-17(18)14-3-6-16(7-4-14)26(21,23)24/h3-8,13H,2,9-12H2,1H3,(H2,21,23,24). The van der Waals surface area contributed by atoms with Crippen molar-refractivity contribution in [1.82, 2.24) is 4.98 Å². The highest BCUT2D eigenvalue weighted by Gasteiger charge is 2.44. The van der Waals surface area contributed by atoms with Gasteiger partial charge in [-0.15, -0.1) is 11.8 Å². The predicted octanol–water partition coefficient (Wildman–Crippen LogP) is 4.33. The molecule has 2 aromatic rings. The summed E-state index contributed by atoms with van der Waals surface area (Å²) in [5, 5.41) is 5.23. The van der Waals surface area contributed by atoms with Gasteiger partial charge in [-0.1, -0.05) is 18.6 Å². The van der Waals surface area contributed by atoms with E-state index in [1.807, 2.05) is 24.6 Å². The third kappa shape index (κ3) is 3.21. The molecule has 1 heterocycles. The first-order chi connectivity index (χ1) is 12.4. The molecule has 1 aromatic heterocycles. The monoisotopic (exact) mass is 386 g/mol. The van der Waals surface area contributed by atoms with Gasteiger partial charge in [-0.3, -0.25) is 4.98 Å². The van der Waals surface area contributed by atoms with Crippen LogP contribution in [0.25, 0.3) is 11.1 Å². The number of allylic oxidation sites excluding steroid dienone is 2. The molecule has 0 bridgehead atoms. The molecule has 4 rings (SSSR count). The molecule has 0 saturated heterocycles. The van der Waals surface area contributed by atoms with E-state index in [1.54, 1.807) is 23.9 Å². The highest BCUT2D eigenvalue weighted by atomic mass is 32.2. The maximum atomic E-state index is 11.5. The fourth-order valence-corrected chi connectivity index (χ4v) is 4.98. The van der Waals surface area contributed by atoms with Crippen LogP contribution in [0, 0.1) is 5.41 Å². The van der Waals surface area contributed by atoms with Gasteiger partial charge >= 0.3 is 0 Å². The van der Waals surface area contributed by atoms with Gasteiger partial charge in [-0.2, -0.15) is 0 Å². The van der Waals surface area contributed by atoms with Crippen molar-refractivity contribution in [2.24, 2.45) is 10.6 Å². The zero-order chi connectivity index (χ0) is 18.4. The van der Waals surface area contributed by atoms with Gasteiger partial charge in [-0.05, 0) is 78.3 Å². The maximum Gasteiger partial charge on any atom is 0.238 e. The summed E-state index contributed by atoms with van der Waals surface area (Å²) in [5.41, 5.74) is 5.10. The van der Waals surface area contributed by atoms with Crippen molar-refractivity contribution in [3.63, 3.8) is 0 Å². The Balaban J connectivity index is 1.75. The van der Waals surface area contributed by atoms with Gasteiger partial charge in [0.25, 0.3) is 0 Å². The van der Waals surface area contributed by atoms with Crippen molar-refractivity contribution in [3.8, 4) is 0 Å². The number of aromatic nitrogens is 1. The van der Waals surface area contributed by atoms with Gasteiger partial charge in [0.2, 0.25) is 10.0 Å². The van der Waals surface area contributed by atoms with Crippen LogP contribution in [-0.2, 0) is 10.0 Å². The normalized spacial score (nSPS) is 19.0. The first-order valence-electron chi connectivity index (χ1n) is 8.76. The molecular formula is C20H22N2O2S2. The van der Waals surface area contributed by atoms with Gasteiger partial charge in [0, 0.05) is 11.1 Å². The highest BCUT2D eigenvalue weighted by Crippen LogP contribution is 2.59. The molecule has 2 aliphatic rings. The number of sulfonamides is 1. The smallest absolute Gasteiger partial charge is 0.238 e. The summed E-state index contributed by atoms with van der Waals surface area (Å²) in [7, 11) is -3.66. The van der Waals surface area contributed by atoms with E-state index >= 15 is 0 Å².